The van der Waals surface area contributed by atoms with E-state index >= 15 is 0 Å². The number of amides is 1. The first-order valence-corrected chi connectivity index (χ1v) is 9.47. The van der Waals surface area contributed by atoms with Gasteiger partial charge in [-0.05, 0) is 65.3 Å². The zero-order valence-electron chi connectivity index (χ0n) is 15.0. The Morgan fingerprint density at radius 3 is 2.89 bits per heavy atom. The molecule has 7 heteroatoms. The van der Waals surface area contributed by atoms with Gasteiger partial charge in [0.25, 0.3) is 5.91 Å². The maximum absolute atomic E-state index is 12.5. The number of halogens is 1. The minimum absolute atomic E-state index is 0.221. The second-order valence-electron chi connectivity index (χ2n) is 6.01. The number of pyridine rings is 1. The molecule has 1 amide bonds. The van der Waals surface area contributed by atoms with Crippen LogP contribution in [0.3, 0.4) is 0 Å². The highest BCUT2D eigenvalue weighted by Gasteiger charge is 2.12. The van der Waals surface area contributed by atoms with Crippen LogP contribution in [-0.2, 0) is 0 Å². The molecule has 0 fully saturated rings. The van der Waals surface area contributed by atoms with Crippen LogP contribution in [0.2, 0.25) is 0 Å². The third kappa shape index (κ3) is 3.89. The van der Waals surface area contributed by atoms with E-state index in [9.17, 15) is 4.79 Å². The highest BCUT2D eigenvalue weighted by atomic mass is 79.9. The van der Waals surface area contributed by atoms with E-state index in [0.29, 0.717) is 40.6 Å². The smallest absolute Gasteiger partial charge is 0.255 e. The minimum atomic E-state index is -0.221. The molecule has 0 aliphatic heterocycles. The molecular formula is C21H16BrN3O3. The van der Waals surface area contributed by atoms with Gasteiger partial charge < -0.3 is 14.5 Å². The molecule has 0 aliphatic rings. The Balaban J connectivity index is 1.58. The van der Waals surface area contributed by atoms with Crippen molar-refractivity contribution in [1.29, 1.82) is 0 Å². The first kappa shape index (κ1) is 18.2. The lowest BCUT2D eigenvalue weighted by molar-refractivity contribution is 0.102. The number of hydrogen-bond acceptors (Lipinski definition) is 5. The Bertz CT molecular complexity index is 1160. The van der Waals surface area contributed by atoms with Crippen LogP contribution in [0.15, 0.2) is 69.8 Å². The number of rotatable bonds is 5. The van der Waals surface area contributed by atoms with Crippen molar-refractivity contribution in [3.63, 3.8) is 0 Å². The Kier molecular flexibility index (Phi) is 5.08. The Morgan fingerprint density at radius 2 is 2.07 bits per heavy atom. The van der Waals surface area contributed by atoms with Crippen molar-refractivity contribution in [3.8, 4) is 17.2 Å². The molecule has 2 heterocycles. The van der Waals surface area contributed by atoms with Gasteiger partial charge in [0, 0.05) is 28.1 Å². The van der Waals surface area contributed by atoms with E-state index < -0.39 is 0 Å². The van der Waals surface area contributed by atoms with Crippen molar-refractivity contribution in [3.05, 3.63) is 71.0 Å². The van der Waals surface area contributed by atoms with Crippen LogP contribution in [-0.4, -0.2) is 22.5 Å². The molecule has 1 N–H and O–H groups in total. The fourth-order valence-corrected chi connectivity index (χ4v) is 3.12. The van der Waals surface area contributed by atoms with Crippen LogP contribution in [0.5, 0.6) is 5.75 Å². The first-order valence-electron chi connectivity index (χ1n) is 8.68. The average Bonchev–Trinajstić information content (AvgIpc) is 3.12. The molecule has 2 aromatic heterocycles. The number of benzene rings is 2. The van der Waals surface area contributed by atoms with E-state index in [1.165, 1.54) is 0 Å². The number of fused-ring (bicyclic) bond motifs is 1. The highest BCUT2D eigenvalue weighted by Crippen LogP contribution is 2.27. The van der Waals surface area contributed by atoms with E-state index in [1.807, 2.05) is 19.1 Å². The van der Waals surface area contributed by atoms with Gasteiger partial charge in [-0.25, -0.2) is 4.98 Å². The molecule has 0 unspecified atom stereocenters. The monoisotopic (exact) mass is 437 g/mol. The van der Waals surface area contributed by atoms with E-state index in [4.69, 9.17) is 9.15 Å². The zero-order chi connectivity index (χ0) is 19.5. The topological polar surface area (TPSA) is 77.2 Å². The number of aromatic nitrogens is 2. The molecule has 28 heavy (non-hydrogen) atoms. The van der Waals surface area contributed by atoms with Gasteiger partial charge in [0.15, 0.2) is 5.58 Å². The summed E-state index contributed by atoms with van der Waals surface area (Å²) in [4.78, 5) is 21.2. The number of nitrogens with one attached hydrogen (secondary N) is 1. The van der Waals surface area contributed by atoms with Crippen molar-refractivity contribution in [2.75, 3.05) is 11.9 Å². The van der Waals surface area contributed by atoms with Gasteiger partial charge >= 0.3 is 0 Å². The standard InChI is InChI=1S/C21H16BrN3O3/c1-2-27-17-5-3-4-13(9-17)20(26)24-16-6-7-19-18(10-16)25-21(28-19)14-8-15(22)12-23-11-14/h3-12H,2H2,1H3,(H,24,26). The third-order valence-electron chi connectivity index (χ3n) is 4.00. The number of nitrogens with zero attached hydrogens (tertiary/aromatic N) is 2. The van der Waals surface area contributed by atoms with Crippen LogP contribution >= 0.6 is 15.9 Å². The quantitative estimate of drug-likeness (QED) is 0.458. The number of anilines is 1. The summed E-state index contributed by atoms with van der Waals surface area (Å²) >= 11 is 3.39. The second kappa shape index (κ2) is 7.82. The van der Waals surface area contributed by atoms with Crippen molar-refractivity contribution >= 4 is 38.6 Å². The third-order valence-corrected chi connectivity index (χ3v) is 4.44. The summed E-state index contributed by atoms with van der Waals surface area (Å²) in [7, 11) is 0. The van der Waals surface area contributed by atoms with Crippen LogP contribution in [0.25, 0.3) is 22.6 Å². The fourth-order valence-electron chi connectivity index (χ4n) is 2.75. The van der Waals surface area contributed by atoms with Crippen molar-refractivity contribution in [2.45, 2.75) is 6.92 Å². The number of carbonyl (C=O) groups is 1. The highest BCUT2D eigenvalue weighted by molar-refractivity contribution is 9.10. The van der Waals surface area contributed by atoms with Crippen LogP contribution in [0.4, 0.5) is 5.69 Å². The lowest BCUT2D eigenvalue weighted by Crippen LogP contribution is -2.11. The molecule has 0 bridgehead atoms. The van der Waals surface area contributed by atoms with E-state index in [-0.39, 0.29) is 5.91 Å². The Labute approximate surface area is 169 Å². The van der Waals surface area contributed by atoms with Crippen LogP contribution in [0, 0.1) is 0 Å². The van der Waals surface area contributed by atoms with Gasteiger partial charge in [-0.1, -0.05) is 6.07 Å². The molecule has 0 atom stereocenters. The molecule has 4 aromatic rings. The molecule has 0 spiro atoms. The van der Waals surface area contributed by atoms with Gasteiger partial charge in [0.05, 0.1) is 12.2 Å². The molecule has 0 saturated heterocycles. The van der Waals surface area contributed by atoms with Gasteiger partial charge in [-0.3, -0.25) is 9.78 Å². The van der Waals surface area contributed by atoms with Crippen molar-refractivity contribution in [2.24, 2.45) is 0 Å². The Hall–Kier alpha value is -3.19. The summed E-state index contributed by atoms with van der Waals surface area (Å²) in [6.45, 7) is 2.45. The minimum Gasteiger partial charge on any atom is -0.494 e. The summed E-state index contributed by atoms with van der Waals surface area (Å²) in [5.41, 5.74) is 3.20. The summed E-state index contributed by atoms with van der Waals surface area (Å²) in [6.07, 6.45) is 3.38. The normalized spacial score (nSPS) is 10.8. The average molecular weight is 438 g/mol. The SMILES string of the molecule is CCOc1cccc(C(=O)Nc2ccc3oc(-c4cncc(Br)c4)nc3c2)c1. The summed E-state index contributed by atoms with van der Waals surface area (Å²) in [6, 6.07) is 14.3. The van der Waals surface area contributed by atoms with Crippen molar-refractivity contribution < 1.29 is 13.9 Å². The first-order chi connectivity index (χ1) is 13.6. The fraction of sp³-hybridized carbons (Fsp3) is 0.0952. The predicted molar refractivity (Wildman–Crippen MR) is 111 cm³/mol. The molecule has 0 saturated carbocycles. The van der Waals surface area contributed by atoms with Crippen LogP contribution in [0.1, 0.15) is 17.3 Å². The van der Waals surface area contributed by atoms with Crippen LogP contribution < -0.4 is 10.1 Å². The maximum atomic E-state index is 12.5. The summed E-state index contributed by atoms with van der Waals surface area (Å²) in [5.74, 6) is 0.909. The lowest BCUT2D eigenvalue weighted by atomic mass is 10.2. The lowest BCUT2D eigenvalue weighted by Gasteiger charge is -2.07. The van der Waals surface area contributed by atoms with E-state index in [1.54, 1.807) is 48.8 Å². The Morgan fingerprint density at radius 1 is 1.18 bits per heavy atom. The number of oxazole rings is 1. The maximum Gasteiger partial charge on any atom is 0.255 e. The van der Waals surface area contributed by atoms with E-state index in [2.05, 4.69) is 31.2 Å². The molecule has 0 radical (unpaired) electrons. The molecule has 4 rings (SSSR count). The van der Waals surface area contributed by atoms with E-state index in [0.717, 1.165) is 10.0 Å². The summed E-state index contributed by atoms with van der Waals surface area (Å²) in [5, 5.41) is 2.88. The van der Waals surface area contributed by atoms with Gasteiger partial charge in [-0.15, -0.1) is 0 Å². The van der Waals surface area contributed by atoms with Crippen molar-refractivity contribution in [1.82, 2.24) is 9.97 Å². The molecule has 6 nitrogen and oxygen atoms in total. The number of carbonyl (C=O) groups excluding carboxylic acids is 1. The molecule has 0 aliphatic carbocycles. The number of ether oxygens (including phenoxy) is 1. The molecule has 140 valence electrons. The van der Waals surface area contributed by atoms with Gasteiger partial charge in [0.1, 0.15) is 11.3 Å². The molecular weight excluding hydrogens is 422 g/mol. The predicted octanol–water partition coefficient (Wildman–Crippen LogP) is 5.30. The number of hydrogen-bond donors (Lipinski definition) is 1. The summed E-state index contributed by atoms with van der Waals surface area (Å²) < 4.78 is 12.1. The second-order valence-corrected chi connectivity index (χ2v) is 6.92. The zero-order valence-corrected chi connectivity index (χ0v) is 16.6. The van der Waals surface area contributed by atoms with Gasteiger partial charge in [-0.2, -0.15) is 0 Å². The van der Waals surface area contributed by atoms with Gasteiger partial charge in [0.2, 0.25) is 5.89 Å². The molecule has 2 aromatic carbocycles. The largest absolute Gasteiger partial charge is 0.494 e.